The van der Waals surface area contributed by atoms with Crippen LogP contribution in [0.4, 0.5) is 4.39 Å². The maximum absolute atomic E-state index is 12.2. The van der Waals surface area contributed by atoms with Gasteiger partial charge in [0.15, 0.2) is 0 Å². The quantitative estimate of drug-likeness (QED) is 0.536. The molecule has 58 valence electrons. The Morgan fingerprint density at radius 2 is 2.30 bits per heavy atom. The summed E-state index contributed by atoms with van der Waals surface area (Å²) in [6.07, 6.45) is 4.90. The molecule has 0 bridgehead atoms. The fourth-order valence-corrected chi connectivity index (χ4v) is 0.633. The summed E-state index contributed by atoms with van der Waals surface area (Å²) in [6, 6.07) is 0. The molecule has 2 heteroatoms. The van der Waals surface area contributed by atoms with Crippen LogP contribution in [0, 0.1) is 12.3 Å². The van der Waals surface area contributed by atoms with Gasteiger partial charge in [-0.3, -0.25) is 4.90 Å². The molecule has 0 fully saturated rings. The van der Waals surface area contributed by atoms with Gasteiger partial charge in [-0.05, 0) is 20.4 Å². The van der Waals surface area contributed by atoms with Gasteiger partial charge in [-0.25, -0.2) is 4.39 Å². The van der Waals surface area contributed by atoms with Crippen LogP contribution < -0.4 is 0 Å². The van der Waals surface area contributed by atoms with Gasteiger partial charge < -0.3 is 0 Å². The van der Waals surface area contributed by atoms with E-state index in [9.17, 15) is 4.39 Å². The van der Waals surface area contributed by atoms with Gasteiger partial charge in [0.25, 0.3) is 0 Å². The third-order valence-corrected chi connectivity index (χ3v) is 1.27. The Hall–Kier alpha value is -0.550. The maximum Gasteiger partial charge on any atom is 0.0985 e. The topological polar surface area (TPSA) is 3.24 Å². The molecule has 0 spiro atoms. The molecule has 0 aromatic rings. The molecule has 0 aromatic carbocycles. The summed E-state index contributed by atoms with van der Waals surface area (Å²) in [4.78, 5) is 1.93. The van der Waals surface area contributed by atoms with Gasteiger partial charge in [-0.1, -0.05) is 5.92 Å². The Morgan fingerprint density at radius 1 is 1.70 bits per heavy atom. The maximum atomic E-state index is 12.2. The van der Waals surface area contributed by atoms with E-state index in [1.54, 1.807) is 6.92 Å². The van der Waals surface area contributed by atoms with Crippen LogP contribution in [0.2, 0.25) is 0 Å². The first kappa shape index (κ1) is 9.45. The molecule has 1 unspecified atom stereocenters. The minimum atomic E-state index is -0.722. The number of nitrogens with zero attached hydrogens (tertiary/aromatic N) is 1. The first-order chi connectivity index (χ1) is 4.66. The van der Waals surface area contributed by atoms with Crippen molar-refractivity contribution in [2.24, 2.45) is 0 Å². The monoisotopic (exact) mass is 143 g/mol. The minimum Gasteiger partial charge on any atom is -0.295 e. The number of rotatable bonds is 4. The fourth-order valence-electron chi connectivity index (χ4n) is 0.633. The number of hydrogen-bond donors (Lipinski definition) is 0. The number of hydrogen-bond acceptors (Lipinski definition) is 1. The lowest BCUT2D eigenvalue weighted by molar-refractivity contribution is 0.281. The Morgan fingerprint density at radius 3 is 2.70 bits per heavy atom. The summed E-state index contributed by atoms with van der Waals surface area (Å²) in [5.74, 6) is 2.49. The van der Waals surface area contributed by atoms with Crippen molar-refractivity contribution >= 4 is 0 Å². The van der Waals surface area contributed by atoms with Crippen molar-refractivity contribution in [1.82, 2.24) is 4.90 Å². The van der Waals surface area contributed by atoms with E-state index in [-0.39, 0.29) is 0 Å². The lowest BCUT2D eigenvalue weighted by Gasteiger charge is -2.12. The molecule has 0 aliphatic rings. The van der Waals surface area contributed by atoms with Crippen LogP contribution in [-0.2, 0) is 0 Å². The summed E-state index contributed by atoms with van der Waals surface area (Å²) in [5, 5.41) is 0. The number of alkyl halides is 1. The highest BCUT2D eigenvalue weighted by Gasteiger charge is 1.99. The molecule has 0 aliphatic carbocycles. The van der Waals surface area contributed by atoms with Crippen LogP contribution in [0.15, 0.2) is 0 Å². The SMILES string of the molecule is C#CCN(C)CCC(C)F. The average molecular weight is 143 g/mol. The van der Waals surface area contributed by atoms with Crippen LogP contribution >= 0.6 is 0 Å². The summed E-state index contributed by atoms with van der Waals surface area (Å²) < 4.78 is 12.2. The van der Waals surface area contributed by atoms with Crippen LogP contribution in [0.1, 0.15) is 13.3 Å². The van der Waals surface area contributed by atoms with Crippen LogP contribution in [0.3, 0.4) is 0 Å². The Kier molecular flexibility index (Phi) is 4.96. The molecule has 0 aliphatic heterocycles. The lowest BCUT2D eigenvalue weighted by atomic mass is 10.3. The van der Waals surface area contributed by atoms with E-state index < -0.39 is 6.17 Å². The van der Waals surface area contributed by atoms with E-state index in [2.05, 4.69) is 5.92 Å². The first-order valence-electron chi connectivity index (χ1n) is 3.43. The molecule has 0 saturated heterocycles. The lowest BCUT2D eigenvalue weighted by Crippen LogP contribution is -2.21. The van der Waals surface area contributed by atoms with Gasteiger partial charge in [0.1, 0.15) is 0 Å². The molecular formula is C8H14FN. The third-order valence-electron chi connectivity index (χ3n) is 1.27. The molecule has 0 rings (SSSR count). The van der Waals surface area contributed by atoms with E-state index in [0.29, 0.717) is 13.0 Å². The minimum absolute atomic E-state index is 0.568. The summed E-state index contributed by atoms with van der Waals surface area (Å²) in [5.41, 5.74) is 0. The molecule has 0 heterocycles. The Bertz CT molecular complexity index is 115. The first-order valence-corrected chi connectivity index (χ1v) is 3.43. The highest BCUT2D eigenvalue weighted by atomic mass is 19.1. The zero-order valence-corrected chi connectivity index (χ0v) is 6.60. The normalized spacial score (nSPS) is 13.1. The van der Waals surface area contributed by atoms with Crippen molar-refractivity contribution < 1.29 is 4.39 Å². The Labute approximate surface area is 62.2 Å². The average Bonchev–Trinajstić information content (AvgIpc) is 1.85. The second kappa shape index (κ2) is 5.25. The molecule has 10 heavy (non-hydrogen) atoms. The molecule has 0 amide bonds. The highest BCUT2D eigenvalue weighted by Crippen LogP contribution is 1.96. The van der Waals surface area contributed by atoms with Gasteiger partial charge in [0.2, 0.25) is 0 Å². The second-order valence-electron chi connectivity index (χ2n) is 2.51. The van der Waals surface area contributed by atoms with Crippen molar-refractivity contribution in [3.05, 3.63) is 0 Å². The van der Waals surface area contributed by atoms with Crippen molar-refractivity contribution in [3.63, 3.8) is 0 Å². The third kappa shape index (κ3) is 5.58. The van der Waals surface area contributed by atoms with E-state index in [1.165, 1.54) is 0 Å². The molecule has 0 aromatic heterocycles. The van der Waals surface area contributed by atoms with E-state index in [4.69, 9.17) is 6.42 Å². The van der Waals surface area contributed by atoms with E-state index in [1.807, 2.05) is 11.9 Å². The number of halogens is 1. The summed E-state index contributed by atoms with van der Waals surface area (Å²) >= 11 is 0. The van der Waals surface area contributed by atoms with Crippen LogP contribution in [0.5, 0.6) is 0 Å². The molecule has 0 N–H and O–H groups in total. The number of terminal acetylenes is 1. The van der Waals surface area contributed by atoms with Gasteiger partial charge in [0.05, 0.1) is 12.7 Å². The van der Waals surface area contributed by atoms with Crippen molar-refractivity contribution in [1.29, 1.82) is 0 Å². The largest absolute Gasteiger partial charge is 0.295 e. The summed E-state index contributed by atoms with van der Waals surface area (Å²) in [6.45, 7) is 2.90. The van der Waals surface area contributed by atoms with Gasteiger partial charge in [-0.2, -0.15) is 0 Å². The predicted octanol–water partition coefficient (Wildman–Crippen LogP) is 1.30. The van der Waals surface area contributed by atoms with Gasteiger partial charge in [0, 0.05) is 6.54 Å². The molecule has 1 atom stereocenters. The second-order valence-corrected chi connectivity index (χ2v) is 2.51. The molecule has 0 saturated carbocycles. The van der Waals surface area contributed by atoms with Crippen molar-refractivity contribution in [2.45, 2.75) is 19.5 Å². The van der Waals surface area contributed by atoms with Crippen molar-refractivity contribution in [2.75, 3.05) is 20.1 Å². The van der Waals surface area contributed by atoms with E-state index >= 15 is 0 Å². The van der Waals surface area contributed by atoms with Crippen LogP contribution in [-0.4, -0.2) is 31.2 Å². The zero-order valence-electron chi connectivity index (χ0n) is 6.60. The molecule has 0 radical (unpaired) electrons. The highest BCUT2D eigenvalue weighted by molar-refractivity contribution is 4.87. The Balaban J connectivity index is 3.23. The standard InChI is InChI=1S/C8H14FN/c1-4-6-10(3)7-5-8(2)9/h1,8H,5-7H2,2-3H3. The van der Waals surface area contributed by atoms with Crippen molar-refractivity contribution in [3.8, 4) is 12.3 Å². The van der Waals surface area contributed by atoms with Gasteiger partial charge in [-0.15, -0.1) is 6.42 Å². The predicted molar refractivity (Wildman–Crippen MR) is 41.5 cm³/mol. The fraction of sp³-hybridized carbons (Fsp3) is 0.750. The smallest absolute Gasteiger partial charge is 0.0985 e. The van der Waals surface area contributed by atoms with Crippen LogP contribution in [0.25, 0.3) is 0 Å². The summed E-state index contributed by atoms with van der Waals surface area (Å²) in [7, 11) is 1.89. The molecular weight excluding hydrogens is 129 g/mol. The van der Waals surface area contributed by atoms with Gasteiger partial charge >= 0.3 is 0 Å². The van der Waals surface area contributed by atoms with E-state index in [0.717, 1.165) is 6.54 Å². The zero-order chi connectivity index (χ0) is 7.98. The molecule has 1 nitrogen and oxygen atoms in total.